The van der Waals surface area contributed by atoms with E-state index in [2.05, 4.69) is 20.3 Å². The number of ether oxygens (including phenoxy) is 1. The number of carbonyl (C=O) groups is 2. The van der Waals surface area contributed by atoms with E-state index in [0.717, 1.165) is 5.82 Å². The summed E-state index contributed by atoms with van der Waals surface area (Å²) in [5.74, 6) is 1.11. The van der Waals surface area contributed by atoms with E-state index < -0.39 is 5.92 Å². The van der Waals surface area contributed by atoms with Gasteiger partial charge in [0.2, 0.25) is 17.8 Å². The molecule has 1 atom stereocenters. The normalized spacial score (nSPS) is 16.1. The van der Waals surface area contributed by atoms with E-state index in [1.54, 1.807) is 35.0 Å². The minimum absolute atomic E-state index is 0.0967. The fourth-order valence-electron chi connectivity index (χ4n) is 3.25. The average Bonchev–Trinajstić information content (AvgIpc) is 3.34. The molecule has 2 amide bonds. The molecule has 3 aromatic rings. The van der Waals surface area contributed by atoms with Crippen molar-refractivity contribution < 1.29 is 14.3 Å². The van der Waals surface area contributed by atoms with Crippen molar-refractivity contribution in [1.29, 1.82) is 0 Å². The number of carbonyl (C=O) groups excluding carboxylic acids is 2. The van der Waals surface area contributed by atoms with Gasteiger partial charge in [-0.3, -0.25) is 14.2 Å². The van der Waals surface area contributed by atoms with Crippen LogP contribution in [0.4, 0.5) is 11.4 Å². The number of hydrogen-bond donors (Lipinski definition) is 1. The lowest BCUT2D eigenvalue weighted by Gasteiger charge is -2.17. The van der Waals surface area contributed by atoms with Crippen LogP contribution in [-0.4, -0.2) is 45.0 Å². The first kappa shape index (κ1) is 18.6. The number of benzene rings is 1. The van der Waals surface area contributed by atoms with Crippen LogP contribution in [0.3, 0.4) is 0 Å². The van der Waals surface area contributed by atoms with Crippen LogP contribution in [0.15, 0.2) is 49.1 Å². The van der Waals surface area contributed by atoms with E-state index in [1.807, 2.05) is 25.1 Å². The maximum Gasteiger partial charge on any atom is 0.235 e. The summed E-state index contributed by atoms with van der Waals surface area (Å²) in [4.78, 5) is 39.3. The van der Waals surface area contributed by atoms with Crippen LogP contribution in [-0.2, 0) is 9.59 Å². The Morgan fingerprint density at radius 3 is 2.72 bits per heavy atom. The third-order valence-corrected chi connectivity index (χ3v) is 4.81. The zero-order valence-electron chi connectivity index (χ0n) is 16.1. The van der Waals surface area contributed by atoms with Crippen molar-refractivity contribution in [1.82, 2.24) is 19.5 Å². The van der Waals surface area contributed by atoms with Gasteiger partial charge in [-0.2, -0.15) is 0 Å². The monoisotopic (exact) mass is 392 g/mol. The number of imidazole rings is 1. The van der Waals surface area contributed by atoms with Crippen molar-refractivity contribution in [3.8, 4) is 11.7 Å². The Labute approximate surface area is 167 Å². The van der Waals surface area contributed by atoms with Crippen molar-refractivity contribution in [2.45, 2.75) is 13.3 Å². The number of nitrogens with zero attached hydrogens (tertiary/aromatic N) is 5. The van der Waals surface area contributed by atoms with Gasteiger partial charge in [0.05, 0.1) is 31.1 Å². The molecule has 0 saturated carbocycles. The fourth-order valence-corrected chi connectivity index (χ4v) is 3.25. The molecule has 0 spiro atoms. The standard InChI is InChI=1S/C20H20N6O3/c1-13-21-6-7-25(13)20-22-10-15(11-23-20)24-19(28)14-8-18(27)26(12-14)16-4-3-5-17(9-16)29-2/h3-7,9-11,14H,8,12H2,1-2H3,(H,24,28). The van der Waals surface area contributed by atoms with Crippen LogP contribution in [0, 0.1) is 12.8 Å². The Bertz CT molecular complexity index is 1050. The van der Waals surface area contributed by atoms with Crippen molar-refractivity contribution in [3.05, 3.63) is 54.9 Å². The number of aromatic nitrogens is 4. The maximum atomic E-state index is 12.6. The van der Waals surface area contributed by atoms with E-state index in [1.165, 1.54) is 12.4 Å². The SMILES string of the molecule is COc1cccc(N2CC(C(=O)Nc3cnc(-n4ccnc4C)nc3)CC2=O)c1. The number of methoxy groups -OCH3 is 1. The van der Waals surface area contributed by atoms with Crippen molar-refractivity contribution in [2.24, 2.45) is 5.92 Å². The number of anilines is 2. The van der Waals surface area contributed by atoms with Gasteiger partial charge in [0.25, 0.3) is 0 Å². The van der Waals surface area contributed by atoms with Gasteiger partial charge < -0.3 is 15.0 Å². The van der Waals surface area contributed by atoms with Crippen LogP contribution in [0.25, 0.3) is 5.95 Å². The minimum Gasteiger partial charge on any atom is -0.497 e. The van der Waals surface area contributed by atoms with Crippen LogP contribution in [0.1, 0.15) is 12.2 Å². The second-order valence-corrected chi connectivity index (χ2v) is 6.71. The van der Waals surface area contributed by atoms with Crippen molar-refractivity contribution >= 4 is 23.2 Å². The Kier molecular flexibility index (Phi) is 4.94. The lowest BCUT2D eigenvalue weighted by molar-refractivity contribution is -0.122. The molecule has 9 nitrogen and oxygen atoms in total. The first-order valence-corrected chi connectivity index (χ1v) is 9.13. The topological polar surface area (TPSA) is 102 Å². The number of hydrogen-bond acceptors (Lipinski definition) is 6. The number of amides is 2. The Morgan fingerprint density at radius 2 is 2.03 bits per heavy atom. The summed E-state index contributed by atoms with van der Waals surface area (Å²) in [6.45, 7) is 2.16. The molecule has 1 unspecified atom stereocenters. The summed E-state index contributed by atoms with van der Waals surface area (Å²) in [6, 6.07) is 7.23. The van der Waals surface area contributed by atoms with Crippen LogP contribution >= 0.6 is 0 Å². The highest BCUT2D eigenvalue weighted by Gasteiger charge is 2.35. The largest absolute Gasteiger partial charge is 0.497 e. The third-order valence-electron chi connectivity index (χ3n) is 4.81. The Balaban J connectivity index is 1.42. The molecule has 1 aromatic carbocycles. The molecule has 1 aliphatic heterocycles. The molecule has 0 aliphatic carbocycles. The molecule has 1 N–H and O–H groups in total. The lowest BCUT2D eigenvalue weighted by Crippen LogP contribution is -2.28. The number of rotatable bonds is 5. The van der Waals surface area contributed by atoms with E-state index >= 15 is 0 Å². The first-order valence-electron chi connectivity index (χ1n) is 9.13. The van der Waals surface area contributed by atoms with Crippen molar-refractivity contribution in [2.75, 3.05) is 23.9 Å². The molecule has 9 heteroatoms. The number of nitrogens with one attached hydrogen (secondary N) is 1. The van der Waals surface area contributed by atoms with E-state index in [9.17, 15) is 9.59 Å². The van der Waals surface area contributed by atoms with Gasteiger partial charge in [-0.1, -0.05) is 6.07 Å². The average molecular weight is 392 g/mol. The molecule has 0 bridgehead atoms. The highest BCUT2D eigenvalue weighted by Crippen LogP contribution is 2.28. The highest BCUT2D eigenvalue weighted by atomic mass is 16.5. The molecule has 4 rings (SSSR count). The zero-order valence-corrected chi connectivity index (χ0v) is 16.1. The molecule has 148 valence electrons. The molecule has 1 saturated heterocycles. The third kappa shape index (κ3) is 3.79. The van der Waals surface area contributed by atoms with Gasteiger partial charge in [-0.25, -0.2) is 15.0 Å². The number of aryl methyl sites for hydroxylation is 1. The Morgan fingerprint density at radius 1 is 1.24 bits per heavy atom. The first-order chi connectivity index (χ1) is 14.0. The molecular weight excluding hydrogens is 372 g/mol. The molecular formula is C20H20N6O3. The van der Waals surface area contributed by atoms with Gasteiger partial charge >= 0.3 is 0 Å². The summed E-state index contributed by atoms with van der Waals surface area (Å²) in [5.41, 5.74) is 1.19. The van der Waals surface area contributed by atoms with Crippen LogP contribution in [0.2, 0.25) is 0 Å². The molecule has 2 aromatic heterocycles. The molecule has 29 heavy (non-hydrogen) atoms. The fraction of sp³-hybridized carbons (Fsp3) is 0.250. The van der Waals surface area contributed by atoms with Crippen molar-refractivity contribution in [3.63, 3.8) is 0 Å². The predicted molar refractivity (Wildman–Crippen MR) is 106 cm³/mol. The summed E-state index contributed by atoms with van der Waals surface area (Å²) >= 11 is 0. The highest BCUT2D eigenvalue weighted by molar-refractivity contribution is 6.03. The quantitative estimate of drug-likeness (QED) is 0.712. The summed E-state index contributed by atoms with van der Waals surface area (Å²) < 4.78 is 6.95. The van der Waals surface area contributed by atoms with Gasteiger partial charge in [-0.05, 0) is 19.1 Å². The van der Waals surface area contributed by atoms with Gasteiger partial charge in [0.1, 0.15) is 11.6 Å². The molecule has 0 radical (unpaired) electrons. The van der Waals surface area contributed by atoms with Crippen LogP contribution < -0.4 is 15.0 Å². The van der Waals surface area contributed by atoms with Gasteiger partial charge in [0, 0.05) is 37.1 Å². The van der Waals surface area contributed by atoms with E-state index in [0.29, 0.717) is 29.6 Å². The second kappa shape index (κ2) is 7.70. The minimum atomic E-state index is -0.454. The molecule has 1 aliphatic rings. The lowest BCUT2D eigenvalue weighted by atomic mass is 10.1. The van der Waals surface area contributed by atoms with Gasteiger partial charge in [0.15, 0.2) is 0 Å². The predicted octanol–water partition coefficient (Wildman–Crippen LogP) is 1.97. The van der Waals surface area contributed by atoms with Crippen LogP contribution in [0.5, 0.6) is 5.75 Å². The molecule has 1 fully saturated rings. The smallest absolute Gasteiger partial charge is 0.235 e. The van der Waals surface area contributed by atoms with E-state index in [4.69, 9.17) is 4.74 Å². The summed E-state index contributed by atoms with van der Waals surface area (Å²) in [5, 5.41) is 2.79. The molecule has 3 heterocycles. The summed E-state index contributed by atoms with van der Waals surface area (Å²) in [6.07, 6.45) is 6.66. The Hall–Kier alpha value is -3.75. The maximum absolute atomic E-state index is 12.6. The zero-order chi connectivity index (χ0) is 20.4. The van der Waals surface area contributed by atoms with E-state index in [-0.39, 0.29) is 18.2 Å². The summed E-state index contributed by atoms with van der Waals surface area (Å²) in [7, 11) is 1.57. The second-order valence-electron chi connectivity index (χ2n) is 6.71. The van der Waals surface area contributed by atoms with Gasteiger partial charge in [-0.15, -0.1) is 0 Å².